The summed E-state index contributed by atoms with van der Waals surface area (Å²) >= 11 is 1.26. The van der Waals surface area contributed by atoms with Crippen molar-refractivity contribution in [2.24, 2.45) is 0 Å². The maximum atomic E-state index is 13.3. The zero-order chi connectivity index (χ0) is 26.2. The Morgan fingerprint density at radius 3 is 2.63 bits per heavy atom. The number of ether oxygens (including phenoxy) is 2. The van der Waals surface area contributed by atoms with E-state index in [9.17, 15) is 14.7 Å². The van der Waals surface area contributed by atoms with Crippen LogP contribution in [0.1, 0.15) is 35.2 Å². The molecule has 0 aliphatic carbocycles. The Balaban J connectivity index is 1.38. The largest absolute Gasteiger partial charge is 0.507 e. The Morgan fingerprint density at radius 2 is 1.89 bits per heavy atom. The maximum Gasteiger partial charge on any atom is 0.301 e. The topological polar surface area (TPSA) is 89.0 Å². The molecule has 4 aromatic rings. The second-order valence-corrected chi connectivity index (χ2v) is 10.2. The van der Waals surface area contributed by atoms with Crippen LogP contribution >= 0.6 is 11.3 Å². The standard InChI is InChI=1S/C30H24N2O5S/c1-18-15-22-16-21(9-12-24(22)37-18)27(33)25-26(32(29(35)28(25)34)30-31-13-14-38-30)20-7-10-23(11-8-20)36-17-19-5-3-2-4-6-19/h2-14,16,18,26,33H,15,17H2,1H3/t18-,26+/m0/s1. The first-order chi connectivity index (χ1) is 18.5. The van der Waals surface area contributed by atoms with Gasteiger partial charge in [-0.05, 0) is 53.9 Å². The number of fused-ring (bicyclic) bond motifs is 1. The van der Waals surface area contributed by atoms with Gasteiger partial charge in [0.05, 0.1) is 11.6 Å². The minimum atomic E-state index is -0.840. The molecule has 1 N–H and O–H groups in total. The summed E-state index contributed by atoms with van der Waals surface area (Å²) in [6.07, 6.45) is 2.33. The molecule has 190 valence electrons. The summed E-state index contributed by atoms with van der Waals surface area (Å²) in [7, 11) is 0. The number of aliphatic hydroxyl groups is 1. The lowest BCUT2D eigenvalue weighted by molar-refractivity contribution is -0.132. The van der Waals surface area contributed by atoms with Gasteiger partial charge in [0.2, 0.25) is 0 Å². The summed E-state index contributed by atoms with van der Waals surface area (Å²) in [6.45, 7) is 2.39. The molecule has 6 rings (SSSR count). The molecule has 3 heterocycles. The van der Waals surface area contributed by atoms with Crippen molar-refractivity contribution in [1.82, 2.24) is 4.98 Å². The van der Waals surface area contributed by atoms with Gasteiger partial charge >= 0.3 is 5.91 Å². The average Bonchev–Trinajstić information content (AvgIpc) is 3.65. The molecule has 1 amide bonds. The first-order valence-electron chi connectivity index (χ1n) is 12.3. The van der Waals surface area contributed by atoms with E-state index < -0.39 is 17.7 Å². The van der Waals surface area contributed by atoms with Crippen LogP contribution in [0.3, 0.4) is 0 Å². The molecule has 7 nitrogen and oxygen atoms in total. The second kappa shape index (κ2) is 9.79. The molecule has 0 bridgehead atoms. The highest BCUT2D eigenvalue weighted by molar-refractivity contribution is 7.14. The van der Waals surface area contributed by atoms with Gasteiger partial charge < -0.3 is 14.6 Å². The Kier molecular flexibility index (Phi) is 6.17. The van der Waals surface area contributed by atoms with Gasteiger partial charge in [0.15, 0.2) is 5.13 Å². The van der Waals surface area contributed by atoms with E-state index in [0.717, 1.165) is 16.9 Å². The third-order valence-electron chi connectivity index (χ3n) is 6.68. The van der Waals surface area contributed by atoms with Crippen molar-refractivity contribution in [2.75, 3.05) is 4.90 Å². The van der Waals surface area contributed by atoms with Crippen LogP contribution < -0.4 is 14.4 Å². The minimum Gasteiger partial charge on any atom is -0.507 e. The Hall–Kier alpha value is -4.43. The summed E-state index contributed by atoms with van der Waals surface area (Å²) in [5.74, 6) is -0.290. The summed E-state index contributed by atoms with van der Waals surface area (Å²) in [4.78, 5) is 32.2. The highest BCUT2D eigenvalue weighted by Crippen LogP contribution is 2.43. The number of anilines is 1. The molecule has 2 atom stereocenters. The van der Waals surface area contributed by atoms with E-state index in [4.69, 9.17) is 9.47 Å². The normalized spacial score (nSPS) is 19.9. The fraction of sp³-hybridized carbons (Fsp3) is 0.167. The highest BCUT2D eigenvalue weighted by Gasteiger charge is 2.48. The van der Waals surface area contributed by atoms with Crippen molar-refractivity contribution in [3.8, 4) is 11.5 Å². The lowest BCUT2D eigenvalue weighted by Gasteiger charge is -2.23. The average molecular weight is 525 g/mol. The number of thiazole rings is 1. The van der Waals surface area contributed by atoms with E-state index in [-0.39, 0.29) is 17.4 Å². The Labute approximate surface area is 223 Å². The third kappa shape index (κ3) is 4.33. The molecule has 1 saturated heterocycles. The molecule has 0 radical (unpaired) electrons. The number of ketones is 1. The van der Waals surface area contributed by atoms with E-state index in [0.29, 0.717) is 35.0 Å². The summed E-state index contributed by atoms with van der Waals surface area (Å²) < 4.78 is 11.7. The van der Waals surface area contributed by atoms with Crippen LogP contribution in [0.2, 0.25) is 0 Å². The predicted octanol–water partition coefficient (Wildman–Crippen LogP) is 5.67. The summed E-state index contributed by atoms with van der Waals surface area (Å²) in [5.41, 5.74) is 3.14. The minimum absolute atomic E-state index is 0.0232. The van der Waals surface area contributed by atoms with Crippen LogP contribution in [0.15, 0.2) is 89.9 Å². The van der Waals surface area contributed by atoms with E-state index >= 15 is 0 Å². The molecule has 2 aliphatic heterocycles. The molecule has 2 aliphatic rings. The number of hydrogen-bond acceptors (Lipinski definition) is 7. The molecule has 8 heteroatoms. The third-order valence-corrected chi connectivity index (χ3v) is 7.45. The van der Waals surface area contributed by atoms with E-state index in [2.05, 4.69) is 4.98 Å². The smallest absolute Gasteiger partial charge is 0.301 e. The van der Waals surface area contributed by atoms with Crippen molar-refractivity contribution < 1.29 is 24.2 Å². The van der Waals surface area contributed by atoms with Crippen LogP contribution in [-0.2, 0) is 22.6 Å². The van der Waals surface area contributed by atoms with Gasteiger partial charge in [-0.1, -0.05) is 42.5 Å². The molecule has 38 heavy (non-hydrogen) atoms. The monoisotopic (exact) mass is 524 g/mol. The predicted molar refractivity (Wildman–Crippen MR) is 144 cm³/mol. The van der Waals surface area contributed by atoms with Gasteiger partial charge in [0.25, 0.3) is 5.78 Å². The maximum absolute atomic E-state index is 13.3. The van der Waals surface area contributed by atoms with Crippen molar-refractivity contribution in [2.45, 2.75) is 32.1 Å². The summed E-state index contributed by atoms with van der Waals surface area (Å²) in [6, 6.07) is 21.5. The lowest BCUT2D eigenvalue weighted by Crippen LogP contribution is -2.29. The quantitative estimate of drug-likeness (QED) is 0.199. The molecular formula is C30H24N2O5S. The number of carbonyl (C=O) groups is 2. The second-order valence-electron chi connectivity index (χ2n) is 9.28. The van der Waals surface area contributed by atoms with Crippen LogP contribution in [-0.4, -0.2) is 27.9 Å². The molecule has 1 aromatic heterocycles. The SMILES string of the molecule is C[C@H]1Cc2cc(C(O)=C3C(=O)C(=O)N(c4nccs4)[C@@H]3c3ccc(OCc4ccccc4)cc3)ccc2O1. The van der Waals surface area contributed by atoms with Gasteiger partial charge in [-0.2, -0.15) is 0 Å². The van der Waals surface area contributed by atoms with Crippen molar-refractivity contribution in [3.05, 3.63) is 112 Å². The summed E-state index contributed by atoms with van der Waals surface area (Å²) in [5, 5.41) is 13.5. The van der Waals surface area contributed by atoms with Gasteiger partial charge in [-0.3, -0.25) is 14.5 Å². The van der Waals surface area contributed by atoms with Gasteiger partial charge in [-0.15, -0.1) is 11.3 Å². The number of amides is 1. The molecular weight excluding hydrogens is 500 g/mol. The number of Topliss-reactive ketones (excluding diaryl/α,β-unsaturated/α-hetero) is 1. The number of benzene rings is 3. The number of hydrogen-bond donors (Lipinski definition) is 1. The Bertz CT molecular complexity index is 1530. The first kappa shape index (κ1) is 23.9. The molecule has 1 fully saturated rings. The molecule has 0 saturated carbocycles. The van der Waals surface area contributed by atoms with Crippen LogP contribution in [0, 0.1) is 0 Å². The molecule has 3 aromatic carbocycles. The number of rotatable bonds is 6. The van der Waals surface area contributed by atoms with Crippen molar-refractivity contribution >= 4 is 33.9 Å². The van der Waals surface area contributed by atoms with E-state index in [1.54, 1.807) is 35.8 Å². The van der Waals surface area contributed by atoms with Crippen LogP contribution in [0.25, 0.3) is 5.76 Å². The van der Waals surface area contributed by atoms with E-state index in [1.807, 2.05) is 55.5 Å². The number of carbonyl (C=O) groups excluding carboxylic acids is 2. The van der Waals surface area contributed by atoms with E-state index in [1.165, 1.54) is 16.2 Å². The fourth-order valence-corrected chi connectivity index (χ4v) is 5.56. The first-order valence-corrected chi connectivity index (χ1v) is 13.1. The zero-order valence-corrected chi connectivity index (χ0v) is 21.4. The van der Waals surface area contributed by atoms with Crippen molar-refractivity contribution in [3.63, 3.8) is 0 Å². The van der Waals surface area contributed by atoms with Crippen LogP contribution in [0.4, 0.5) is 5.13 Å². The van der Waals surface area contributed by atoms with Gasteiger partial charge in [-0.25, -0.2) is 4.98 Å². The molecule has 0 spiro atoms. The number of nitrogens with zero attached hydrogens (tertiary/aromatic N) is 2. The Morgan fingerprint density at radius 1 is 1.11 bits per heavy atom. The van der Waals surface area contributed by atoms with Gasteiger partial charge in [0, 0.05) is 23.6 Å². The molecule has 0 unspecified atom stereocenters. The lowest BCUT2D eigenvalue weighted by atomic mass is 9.94. The zero-order valence-electron chi connectivity index (χ0n) is 20.5. The fourth-order valence-electron chi connectivity index (χ4n) is 4.89. The van der Waals surface area contributed by atoms with Crippen LogP contribution in [0.5, 0.6) is 11.5 Å². The number of aromatic nitrogens is 1. The number of aliphatic hydroxyl groups excluding tert-OH is 1. The van der Waals surface area contributed by atoms with Crippen molar-refractivity contribution in [1.29, 1.82) is 0 Å². The highest BCUT2D eigenvalue weighted by atomic mass is 32.1. The van der Waals surface area contributed by atoms with Gasteiger partial charge in [0.1, 0.15) is 30.0 Å².